The number of carbonyl (C=O) groups is 3. The van der Waals surface area contributed by atoms with Crippen molar-refractivity contribution in [3.8, 4) is 0 Å². The molecule has 2 aliphatic rings. The molecule has 0 spiro atoms. The van der Waals surface area contributed by atoms with Crippen molar-refractivity contribution in [3.05, 3.63) is 35.9 Å². The van der Waals surface area contributed by atoms with Gasteiger partial charge in [-0.25, -0.2) is 0 Å². The molecule has 1 unspecified atom stereocenters. The molecule has 1 aromatic carbocycles. The van der Waals surface area contributed by atoms with E-state index >= 15 is 0 Å². The molecule has 0 aliphatic carbocycles. The number of nitrogens with one attached hydrogen (secondary N) is 1. The lowest BCUT2D eigenvalue weighted by molar-refractivity contribution is -0.128. The van der Waals surface area contributed by atoms with Gasteiger partial charge in [0.1, 0.15) is 6.04 Å². The quantitative estimate of drug-likeness (QED) is 0.460. The normalized spacial score (nSPS) is 17.6. The Kier molecular flexibility index (Phi) is 7.85. The molecule has 0 radical (unpaired) electrons. The summed E-state index contributed by atoms with van der Waals surface area (Å²) in [4.78, 5) is 42.7. The summed E-state index contributed by atoms with van der Waals surface area (Å²) in [6, 6.07) is 5.15. The van der Waals surface area contributed by atoms with Crippen molar-refractivity contribution in [2.75, 3.05) is 37.6 Å². The number of imide groups is 1. The second-order valence-corrected chi connectivity index (χ2v) is 8.32. The number of hydrogen-bond donors (Lipinski definition) is 1. The first-order chi connectivity index (χ1) is 15.0. The number of fused-ring (bicyclic) bond motifs is 1. The van der Waals surface area contributed by atoms with Crippen LogP contribution in [-0.2, 0) is 9.59 Å². The zero-order valence-corrected chi connectivity index (χ0v) is 18.7. The van der Waals surface area contributed by atoms with Gasteiger partial charge < -0.3 is 4.90 Å². The van der Waals surface area contributed by atoms with Crippen molar-refractivity contribution < 1.29 is 14.4 Å². The third-order valence-corrected chi connectivity index (χ3v) is 6.25. The van der Waals surface area contributed by atoms with E-state index in [9.17, 15) is 14.4 Å². The largest absolute Gasteiger partial charge is 0.369 e. The maximum Gasteiger partial charge on any atom is 0.259 e. The van der Waals surface area contributed by atoms with Gasteiger partial charge in [-0.2, -0.15) is 0 Å². The number of carbonyl (C=O) groups excluding carboxylic acids is 3. The second kappa shape index (κ2) is 10.6. The smallest absolute Gasteiger partial charge is 0.259 e. The van der Waals surface area contributed by atoms with E-state index in [2.05, 4.69) is 28.6 Å². The van der Waals surface area contributed by atoms with Crippen LogP contribution in [0.5, 0.6) is 0 Å². The summed E-state index contributed by atoms with van der Waals surface area (Å²) in [5, 5.41) is 2.19. The number of hydrogen-bond acceptors (Lipinski definition) is 5. The van der Waals surface area contributed by atoms with Crippen LogP contribution in [0.4, 0.5) is 5.69 Å². The van der Waals surface area contributed by atoms with E-state index in [4.69, 9.17) is 0 Å². The van der Waals surface area contributed by atoms with E-state index in [0.29, 0.717) is 30.5 Å². The standard InChI is InChI=1S/C24H34N4O3/c1-4-6-7-11-26-12-14-27(15-13-26)19-9-10-20-18(3)28(24(31)21(20)16-19)22(8-5-2)23(30)25-17-29/h9-10,16-17,22H,3-8,11-15H2,1-2H3,(H,25,29,30). The molecule has 3 amide bonds. The lowest BCUT2D eigenvalue weighted by atomic mass is 10.1. The molecule has 2 aliphatic heterocycles. The molecule has 7 heteroatoms. The average Bonchev–Trinajstić information content (AvgIpc) is 3.02. The van der Waals surface area contributed by atoms with Crippen LogP contribution in [0.3, 0.4) is 0 Å². The van der Waals surface area contributed by atoms with Crippen LogP contribution >= 0.6 is 0 Å². The number of anilines is 1. The van der Waals surface area contributed by atoms with E-state index in [-0.39, 0.29) is 5.91 Å². The fourth-order valence-electron chi connectivity index (χ4n) is 4.49. The van der Waals surface area contributed by atoms with E-state index in [1.165, 1.54) is 24.2 Å². The molecule has 7 nitrogen and oxygen atoms in total. The first-order valence-corrected chi connectivity index (χ1v) is 11.4. The van der Waals surface area contributed by atoms with Crippen LogP contribution in [0.15, 0.2) is 24.8 Å². The van der Waals surface area contributed by atoms with Crippen LogP contribution in [0, 0.1) is 0 Å². The first-order valence-electron chi connectivity index (χ1n) is 11.4. The van der Waals surface area contributed by atoms with Crippen LogP contribution < -0.4 is 10.2 Å². The molecule has 1 N–H and O–H groups in total. The molecule has 0 saturated carbocycles. The van der Waals surface area contributed by atoms with Crippen molar-refractivity contribution in [2.45, 2.75) is 52.0 Å². The number of unbranched alkanes of at least 4 members (excludes halogenated alkanes) is 2. The number of nitrogens with zero attached hydrogens (tertiary/aromatic N) is 3. The number of benzene rings is 1. The van der Waals surface area contributed by atoms with Gasteiger partial charge in [-0.3, -0.25) is 29.5 Å². The summed E-state index contributed by atoms with van der Waals surface area (Å²) in [5.74, 6) is -0.696. The highest BCUT2D eigenvalue weighted by atomic mass is 16.2. The Hall–Kier alpha value is -2.67. The van der Waals surface area contributed by atoms with Gasteiger partial charge >= 0.3 is 0 Å². The minimum atomic E-state index is -0.738. The molecule has 2 heterocycles. The van der Waals surface area contributed by atoms with E-state index < -0.39 is 11.9 Å². The molecule has 31 heavy (non-hydrogen) atoms. The van der Waals surface area contributed by atoms with E-state index in [0.717, 1.165) is 44.0 Å². The third-order valence-electron chi connectivity index (χ3n) is 6.25. The highest BCUT2D eigenvalue weighted by Gasteiger charge is 2.39. The van der Waals surface area contributed by atoms with E-state index in [1.54, 1.807) is 0 Å². The minimum absolute atomic E-state index is 0.223. The Balaban J connectivity index is 1.73. The monoisotopic (exact) mass is 426 g/mol. The first kappa shape index (κ1) is 23.0. The fraction of sp³-hybridized carbons (Fsp3) is 0.542. The molecular weight excluding hydrogens is 392 g/mol. The lowest BCUT2D eigenvalue weighted by Crippen LogP contribution is -2.46. The maximum absolute atomic E-state index is 13.2. The van der Waals surface area contributed by atoms with Crippen LogP contribution in [0.25, 0.3) is 5.70 Å². The highest BCUT2D eigenvalue weighted by Crippen LogP contribution is 2.36. The van der Waals surface area contributed by atoms with Gasteiger partial charge in [0.15, 0.2) is 0 Å². The Morgan fingerprint density at radius 2 is 1.87 bits per heavy atom. The summed E-state index contributed by atoms with van der Waals surface area (Å²) >= 11 is 0. The molecule has 1 aromatic rings. The molecule has 1 fully saturated rings. The number of amides is 3. The van der Waals surface area contributed by atoms with Crippen LogP contribution in [-0.4, -0.2) is 66.8 Å². The Morgan fingerprint density at radius 3 is 2.52 bits per heavy atom. The lowest BCUT2D eigenvalue weighted by Gasteiger charge is -2.36. The van der Waals surface area contributed by atoms with Gasteiger partial charge in [0.2, 0.25) is 12.3 Å². The van der Waals surface area contributed by atoms with Gasteiger partial charge in [0.25, 0.3) is 5.91 Å². The van der Waals surface area contributed by atoms with Gasteiger partial charge in [-0.05, 0) is 31.5 Å². The summed E-state index contributed by atoms with van der Waals surface area (Å²) in [7, 11) is 0. The summed E-state index contributed by atoms with van der Waals surface area (Å²) in [6.07, 6.45) is 5.29. The van der Waals surface area contributed by atoms with E-state index in [1.807, 2.05) is 25.1 Å². The zero-order valence-electron chi connectivity index (χ0n) is 18.7. The van der Waals surface area contributed by atoms with Crippen LogP contribution in [0.2, 0.25) is 0 Å². The fourth-order valence-corrected chi connectivity index (χ4v) is 4.49. The Labute approximate surface area is 185 Å². The SMILES string of the molecule is C=C1c2ccc(N3CCN(CCCCC)CC3)cc2C(=O)N1C(CCC)C(=O)NC=O. The molecule has 168 valence electrons. The number of piperazine rings is 1. The molecule has 3 rings (SSSR count). The van der Waals surface area contributed by atoms with Gasteiger partial charge in [0.05, 0.1) is 5.56 Å². The summed E-state index contributed by atoms with van der Waals surface area (Å²) in [6.45, 7) is 13.3. The highest BCUT2D eigenvalue weighted by molar-refractivity contribution is 6.12. The predicted molar refractivity (Wildman–Crippen MR) is 123 cm³/mol. The molecule has 1 atom stereocenters. The van der Waals surface area contributed by atoms with Crippen molar-refractivity contribution >= 4 is 29.6 Å². The summed E-state index contributed by atoms with van der Waals surface area (Å²) in [5.41, 5.74) is 2.88. The van der Waals surface area contributed by atoms with Gasteiger partial charge in [-0.15, -0.1) is 0 Å². The van der Waals surface area contributed by atoms with Gasteiger partial charge in [-0.1, -0.05) is 45.8 Å². The minimum Gasteiger partial charge on any atom is -0.369 e. The zero-order chi connectivity index (χ0) is 22.4. The van der Waals surface area contributed by atoms with Crippen molar-refractivity contribution in [2.24, 2.45) is 0 Å². The second-order valence-electron chi connectivity index (χ2n) is 8.32. The van der Waals surface area contributed by atoms with Gasteiger partial charge in [0, 0.05) is 43.1 Å². The van der Waals surface area contributed by atoms with Crippen molar-refractivity contribution in [1.82, 2.24) is 15.1 Å². The Bertz CT molecular complexity index is 830. The topological polar surface area (TPSA) is 73.0 Å². The maximum atomic E-state index is 13.2. The molecule has 0 aromatic heterocycles. The summed E-state index contributed by atoms with van der Waals surface area (Å²) < 4.78 is 0. The average molecular weight is 427 g/mol. The van der Waals surface area contributed by atoms with Crippen molar-refractivity contribution in [3.63, 3.8) is 0 Å². The third kappa shape index (κ3) is 4.98. The van der Waals surface area contributed by atoms with Crippen molar-refractivity contribution in [1.29, 1.82) is 0 Å². The van der Waals surface area contributed by atoms with Crippen LogP contribution in [0.1, 0.15) is 61.9 Å². The molecule has 1 saturated heterocycles. The number of rotatable bonds is 10. The predicted octanol–water partition coefficient (Wildman–Crippen LogP) is 2.87. The molecule has 0 bridgehead atoms. The Morgan fingerprint density at radius 1 is 1.13 bits per heavy atom. The molecular formula is C24H34N4O3.